The zero-order chi connectivity index (χ0) is 11.8. The van der Waals surface area contributed by atoms with Crippen molar-refractivity contribution in [3.05, 3.63) is 53.8 Å². The molecule has 2 bridgehead atoms. The van der Waals surface area contributed by atoms with Gasteiger partial charge in [-0.05, 0) is 31.2 Å². The Hall–Kier alpha value is -2.36. The molecule has 0 atom stereocenters. The Morgan fingerprint density at radius 2 is 1.94 bits per heavy atom. The van der Waals surface area contributed by atoms with E-state index in [0.717, 1.165) is 5.69 Å². The van der Waals surface area contributed by atoms with E-state index in [0.29, 0.717) is 11.4 Å². The van der Waals surface area contributed by atoms with Crippen molar-refractivity contribution in [3.63, 3.8) is 0 Å². The van der Waals surface area contributed by atoms with Gasteiger partial charge < -0.3 is 4.84 Å². The van der Waals surface area contributed by atoms with Crippen molar-refractivity contribution in [1.82, 2.24) is 0 Å². The van der Waals surface area contributed by atoms with Crippen molar-refractivity contribution >= 4 is 17.5 Å². The SMILES string of the molecule is Cc1ccc(N2C=C3C=CC2=NOC3=O)cc1. The van der Waals surface area contributed by atoms with Gasteiger partial charge in [-0.3, -0.25) is 4.90 Å². The first kappa shape index (κ1) is 9.84. The largest absolute Gasteiger partial charge is 0.367 e. The average Bonchev–Trinajstić information content (AvgIpc) is 2.62. The number of carbonyl (C=O) groups is 1. The van der Waals surface area contributed by atoms with Crippen LogP contribution in [0.2, 0.25) is 0 Å². The number of oxime groups is 1. The molecule has 0 radical (unpaired) electrons. The topological polar surface area (TPSA) is 41.9 Å². The van der Waals surface area contributed by atoms with Crippen molar-refractivity contribution in [2.75, 3.05) is 4.90 Å². The van der Waals surface area contributed by atoms with Gasteiger partial charge in [0.2, 0.25) is 0 Å². The Kier molecular flexibility index (Phi) is 2.08. The van der Waals surface area contributed by atoms with Crippen molar-refractivity contribution in [2.45, 2.75) is 6.92 Å². The molecule has 0 aliphatic carbocycles. The number of rotatable bonds is 1. The van der Waals surface area contributed by atoms with Crippen molar-refractivity contribution in [1.29, 1.82) is 0 Å². The van der Waals surface area contributed by atoms with Gasteiger partial charge in [0.25, 0.3) is 0 Å². The number of carbonyl (C=O) groups excluding carboxylic acids is 1. The van der Waals surface area contributed by atoms with Crippen LogP contribution < -0.4 is 4.90 Å². The van der Waals surface area contributed by atoms with Crippen LogP contribution in [0.25, 0.3) is 0 Å². The molecular weight excluding hydrogens is 216 g/mol. The molecule has 84 valence electrons. The molecule has 4 nitrogen and oxygen atoms in total. The smallest absolute Gasteiger partial charge is 0.311 e. The average molecular weight is 226 g/mol. The van der Waals surface area contributed by atoms with Crippen LogP contribution >= 0.6 is 0 Å². The van der Waals surface area contributed by atoms with E-state index in [4.69, 9.17) is 4.84 Å². The number of aryl methyl sites for hydroxylation is 1. The van der Waals surface area contributed by atoms with Crippen LogP contribution in [0.1, 0.15) is 5.56 Å². The fourth-order valence-electron chi connectivity index (χ4n) is 1.74. The number of hydrogen-bond acceptors (Lipinski definition) is 4. The second-order valence-corrected chi connectivity index (χ2v) is 3.95. The van der Waals surface area contributed by atoms with Crippen LogP contribution in [-0.4, -0.2) is 11.8 Å². The number of fused-ring (bicyclic) bond motifs is 3. The molecule has 1 aromatic rings. The fourth-order valence-corrected chi connectivity index (χ4v) is 1.74. The van der Waals surface area contributed by atoms with Gasteiger partial charge in [-0.2, -0.15) is 0 Å². The molecule has 0 saturated carbocycles. The lowest BCUT2D eigenvalue weighted by Crippen LogP contribution is -2.25. The summed E-state index contributed by atoms with van der Waals surface area (Å²) in [6.45, 7) is 2.03. The summed E-state index contributed by atoms with van der Waals surface area (Å²) < 4.78 is 0. The highest BCUT2D eigenvalue weighted by Gasteiger charge is 2.23. The minimum atomic E-state index is -0.425. The zero-order valence-corrected chi connectivity index (χ0v) is 9.25. The second-order valence-electron chi connectivity index (χ2n) is 3.95. The van der Waals surface area contributed by atoms with E-state index in [1.807, 2.05) is 36.1 Å². The number of benzene rings is 1. The molecule has 0 saturated heterocycles. The molecule has 0 amide bonds. The third-order valence-corrected chi connectivity index (χ3v) is 2.70. The standard InChI is InChI=1S/C13H10N2O2/c1-9-2-5-11(6-3-9)15-8-10-4-7-12(15)14-17-13(10)16/h2-8H,1H3. The molecule has 0 fully saturated rings. The third kappa shape index (κ3) is 1.63. The highest BCUT2D eigenvalue weighted by Crippen LogP contribution is 2.23. The molecular formula is C13H10N2O2. The van der Waals surface area contributed by atoms with Crippen LogP contribution in [0.4, 0.5) is 5.69 Å². The highest BCUT2D eigenvalue weighted by atomic mass is 16.7. The summed E-state index contributed by atoms with van der Waals surface area (Å²) in [5.74, 6) is 0.175. The van der Waals surface area contributed by atoms with Gasteiger partial charge in [-0.25, -0.2) is 4.79 Å². The van der Waals surface area contributed by atoms with Gasteiger partial charge >= 0.3 is 5.97 Å². The Morgan fingerprint density at radius 3 is 2.71 bits per heavy atom. The number of anilines is 1. The molecule has 17 heavy (non-hydrogen) atoms. The molecule has 4 heteroatoms. The Balaban J connectivity index is 2.06. The van der Waals surface area contributed by atoms with E-state index < -0.39 is 5.97 Å². The predicted octanol–water partition coefficient (Wildman–Crippen LogP) is 2.13. The number of hydrogen-bond donors (Lipinski definition) is 0. The van der Waals surface area contributed by atoms with E-state index in [2.05, 4.69) is 5.16 Å². The quantitative estimate of drug-likeness (QED) is 0.689. The first-order valence-corrected chi connectivity index (χ1v) is 5.29. The summed E-state index contributed by atoms with van der Waals surface area (Å²) in [4.78, 5) is 18.0. The van der Waals surface area contributed by atoms with Crippen LogP contribution in [0, 0.1) is 6.92 Å². The monoisotopic (exact) mass is 226 g/mol. The number of amidine groups is 1. The summed E-state index contributed by atoms with van der Waals surface area (Å²) in [5.41, 5.74) is 2.64. The Morgan fingerprint density at radius 1 is 1.18 bits per heavy atom. The summed E-state index contributed by atoms with van der Waals surface area (Å²) >= 11 is 0. The van der Waals surface area contributed by atoms with Crippen molar-refractivity contribution in [2.24, 2.45) is 5.16 Å². The first-order valence-electron chi connectivity index (χ1n) is 5.29. The second kappa shape index (κ2) is 3.59. The normalized spacial score (nSPS) is 17.5. The molecule has 0 aromatic heterocycles. The summed E-state index contributed by atoms with van der Waals surface area (Å²) in [5, 5.41) is 3.80. The minimum Gasteiger partial charge on any atom is -0.311 e. The number of nitrogens with zero attached hydrogens (tertiary/aromatic N) is 2. The third-order valence-electron chi connectivity index (χ3n) is 2.70. The molecule has 3 heterocycles. The summed E-state index contributed by atoms with van der Waals surface area (Å²) in [6.07, 6.45) is 5.21. The maximum Gasteiger partial charge on any atom is 0.367 e. The van der Waals surface area contributed by atoms with E-state index in [1.165, 1.54) is 5.56 Å². The molecule has 3 aliphatic heterocycles. The van der Waals surface area contributed by atoms with Gasteiger partial charge in [-0.15, -0.1) is 0 Å². The summed E-state index contributed by atoms with van der Waals surface area (Å²) in [6, 6.07) is 7.99. The Bertz CT molecular complexity index is 568. The lowest BCUT2D eigenvalue weighted by atomic mass is 10.1. The maximum atomic E-state index is 11.4. The minimum absolute atomic E-state index is 0.425. The van der Waals surface area contributed by atoms with Gasteiger partial charge in [0.05, 0.1) is 5.57 Å². The van der Waals surface area contributed by atoms with E-state index in [-0.39, 0.29) is 0 Å². The lowest BCUT2D eigenvalue weighted by molar-refractivity contribution is -0.138. The van der Waals surface area contributed by atoms with Gasteiger partial charge in [0.15, 0.2) is 5.84 Å². The molecule has 3 aliphatic rings. The first-order chi connectivity index (χ1) is 8.24. The van der Waals surface area contributed by atoms with Crippen molar-refractivity contribution < 1.29 is 9.63 Å². The van der Waals surface area contributed by atoms with Crippen LogP contribution in [0.15, 0.2) is 53.3 Å². The fraction of sp³-hybridized carbons (Fsp3) is 0.0769. The van der Waals surface area contributed by atoms with E-state index >= 15 is 0 Å². The Labute approximate surface area is 98.5 Å². The van der Waals surface area contributed by atoms with Crippen LogP contribution in [-0.2, 0) is 9.63 Å². The van der Waals surface area contributed by atoms with Crippen LogP contribution in [0.5, 0.6) is 0 Å². The molecule has 1 aromatic carbocycles. The zero-order valence-electron chi connectivity index (χ0n) is 9.25. The molecule has 0 N–H and O–H groups in total. The van der Waals surface area contributed by atoms with E-state index in [9.17, 15) is 4.79 Å². The van der Waals surface area contributed by atoms with Gasteiger partial charge in [0.1, 0.15) is 0 Å². The molecule has 4 rings (SSSR count). The molecule has 0 unspecified atom stereocenters. The molecule has 0 spiro atoms. The van der Waals surface area contributed by atoms with Crippen LogP contribution in [0.3, 0.4) is 0 Å². The van der Waals surface area contributed by atoms with Crippen molar-refractivity contribution in [3.8, 4) is 0 Å². The maximum absolute atomic E-state index is 11.4. The predicted molar refractivity (Wildman–Crippen MR) is 64.4 cm³/mol. The van der Waals surface area contributed by atoms with Gasteiger partial charge in [0, 0.05) is 11.9 Å². The van der Waals surface area contributed by atoms with Gasteiger partial charge in [-0.1, -0.05) is 22.9 Å². The highest BCUT2D eigenvalue weighted by molar-refractivity contribution is 6.12. The summed E-state index contributed by atoms with van der Waals surface area (Å²) in [7, 11) is 0. The lowest BCUT2D eigenvalue weighted by Gasteiger charge is -2.20. The van der Waals surface area contributed by atoms with E-state index in [1.54, 1.807) is 18.4 Å².